The molecule has 8 heteroatoms. The Morgan fingerprint density at radius 2 is 2.12 bits per heavy atom. The van der Waals surface area contributed by atoms with Crippen LogP contribution in [-0.2, 0) is 11.3 Å². The monoisotopic (exact) mass is 453 g/mol. The first kappa shape index (κ1) is 23.7. The van der Waals surface area contributed by atoms with Crippen LogP contribution in [0, 0.1) is 11.8 Å². The number of hydrogen-bond acceptors (Lipinski definition) is 7. The molecule has 0 amide bonds. The molecule has 0 unspecified atom stereocenters. The van der Waals surface area contributed by atoms with E-state index in [4.69, 9.17) is 10.8 Å². The summed E-state index contributed by atoms with van der Waals surface area (Å²) < 4.78 is 0. The lowest BCUT2D eigenvalue weighted by molar-refractivity contribution is -0.143. The number of carboxylic acid groups (broad SMARTS) is 1. The summed E-state index contributed by atoms with van der Waals surface area (Å²) in [5.41, 5.74) is 8.01. The van der Waals surface area contributed by atoms with E-state index in [9.17, 15) is 4.79 Å². The van der Waals surface area contributed by atoms with E-state index in [-0.39, 0.29) is 5.92 Å². The van der Waals surface area contributed by atoms with Crippen LogP contribution < -0.4 is 16.4 Å². The molecule has 1 fully saturated rings. The maximum absolute atomic E-state index is 11.1. The Morgan fingerprint density at radius 3 is 2.84 bits per heavy atom. The molecule has 0 saturated heterocycles. The minimum atomic E-state index is -0.653. The lowest BCUT2D eigenvalue weighted by Crippen LogP contribution is -2.28. The predicted octanol–water partition coefficient (Wildman–Crippen LogP) is 4.53. The highest BCUT2D eigenvalue weighted by atomic mass is 32.1. The summed E-state index contributed by atoms with van der Waals surface area (Å²) in [5, 5.41) is 16.8. The average Bonchev–Trinajstić information content (AvgIpc) is 3.23. The van der Waals surface area contributed by atoms with Crippen molar-refractivity contribution in [1.82, 2.24) is 15.3 Å². The van der Waals surface area contributed by atoms with Gasteiger partial charge in [0.2, 0.25) is 0 Å². The molecular formula is C24H31N5O2S. The topological polar surface area (TPSA) is 113 Å². The van der Waals surface area contributed by atoms with Crippen LogP contribution in [0.1, 0.15) is 37.6 Å². The molecule has 3 rings (SSSR count). The molecule has 0 radical (unpaired) electrons. The van der Waals surface area contributed by atoms with Crippen LogP contribution in [0.5, 0.6) is 0 Å². The molecule has 7 nitrogen and oxygen atoms in total. The second-order valence-corrected chi connectivity index (χ2v) is 9.23. The summed E-state index contributed by atoms with van der Waals surface area (Å²) in [5.74, 6) is 0.448. The Bertz CT molecular complexity index is 990. The lowest BCUT2D eigenvalue weighted by atomic mass is 9.82. The van der Waals surface area contributed by atoms with Crippen molar-refractivity contribution in [1.29, 1.82) is 0 Å². The minimum absolute atomic E-state index is 0.162. The molecule has 2 aromatic rings. The fourth-order valence-electron chi connectivity index (χ4n) is 3.82. The largest absolute Gasteiger partial charge is 0.481 e. The van der Waals surface area contributed by atoms with E-state index in [1.165, 1.54) is 6.20 Å². The van der Waals surface area contributed by atoms with Gasteiger partial charge in [0.05, 0.1) is 16.5 Å². The molecule has 1 saturated carbocycles. The number of carboxylic acids is 1. The van der Waals surface area contributed by atoms with Crippen molar-refractivity contribution in [2.45, 2.75) is 39.2 Å². The van der Waals surface area contributed by atoms with E-state index < -0.39 is 5.97 Å². The Balaban J connectivity index is 1.51. The van der Waals surface area contributed by atoms with E-state index in [1.54, 1.807) is 11.3 Å². The first-order valence-corrected chi connectivity index (χ1v) is 11.6. The number of aromatic nitrogens is 2. The van der Waals surface area contributed by atoms with Crippen LogP contribution in [0.25, 0.3) is 10.6 Å². The second-order valence-electron chi connectivity index (χ2n) is 8.11. The highest BCUT2D eigenvalue weighted by Crippen LogP contribution is 2.29. The summed E-state index contributed by atoms with van der Waals surface area (Å²) in [4.78, 5) is 21.3. The van der Waals surface area contributed by atoms with Gasteiger partial charge in [0.1, 0.15) is 10.8 Å². The van der Waals surface area contributed by atoms with E-state index in [0.29, 0.717) is 12.5 Å². The number of rotatable bonds is 10. The quantitative estimate of drug-likeness (QED) is 0.391. The van der Waals surface area contributed by atoms with Crippen LogP contribution in [0.2, 0.25) is 0 Å². The van der Waals surface area contributed by atoms with Crippen LogP contribution in [-0.4, -0.2) is 27.6 Å². The van der Waals surface area contributed by atoms with Crippen LogP contribution in [0.3, 0.4) is 0 Å². The van der Waals surface area contributed by atoms with Crippen molar-refractivity contribution >= 4 is 23.1 Å². The second kappa shape index (κ2) is 11.6. The average molecular weight is 454 g/mol. The van der Waals surface area contributed by atoms with Crippen molar-refractivity contribution in [3.05, 3.63) is 65.6 Å². The summed E-state index contributed by atoms with van der Waals surface area (Å²) in [6, 6.07) is 5.83. The molecule has 2 aromatic heterocycles. The molecule has 1 aliphatic rings. The zero-order chi connectivity index (χ0) is 22.9. The van der Waals surface area contributed by atoms with Gasteiger partial charge in [-0.25, -0.2) is 9.97 Å². The van der Waals surface area contributed by atoms with Gasteiger partial charge in [-0.15, -0.1) is 11.3 Å². The van der Waals surface area contributed by atoms with Gasteiger partial charge in [-0.2, -0.15) is 0 Å². The van der Waals surface area contributed by atoms with Gasteiger partial charge < -0.3 is 21.5 Å². The fraction of sp³-hybridized carbons (Fsp3) is 0.375. The van der Waals surface area contributed by atoms with Crippen molar-refractivity contribution in [3.8, 4) is 10.6 Å². The third-order valence-electron chi connectivity index (χ3n) is 5.51. The van der Waals surface area contributed by atoms with Gasteiger partial charge in [0, 0.05) is 18.4 Å². The number of anilines is 1. The lowest BCUT2D eigenvalue weighted by Gasteiger charge is -2.26. The summed E-state index contributed by atoms with van der Waals surface area (Å²) in [6.45, 7) is 7.57. The van der Waals surface area contributed by atoms with Gasteiger partial charge in [0.15, 0.2) is 0 Å². The number of pyridine rings is 1. The molecule has 2 heterocycles. The molecule has 0 bridgehead atoms. The standard InChI is InChI=1S/C24H31N5O2S/c1-16(10-11-25)12-17(2)28-22-5-3-4-20(29-22)21-14-27-23(32-21)15-26-13-18-6-8-19(9-7-18)24(30)31/h3-5,10-12,14,18-19,26H,2,6-9,13,15,25H2,1H3,(H,28,29)(H,30,31)/b11-10-,16-12-. The highest BCUT2D eigenvalue weighted by Gasteiger charge is 2.25. The fourth-order valence-corrected chi connectivity index (χ4v) is 4.68. The molecule has 0 spiro atoms. The third-order valence-corrected chi connectivity index (χ3v) is 6.53. The van der Waals surface area contributed by atoms with Gasteiger partial charge in [0.25, 0.3) is 0 Å². The van der Waals surface area contributed by atoms with Crippen LogP contribution >= 0.6 is 11.3 Å². The molecule has 5 N–H and O–H groups in total. The zero-order valence-corrected chi connectivity index (χ0v) is 19.2. The molecule has 0 aliphatic heterocycles. The van der Waals surface area contributed by atoms with Crippen molar-refractivity contribution < 1.29 is 9.90 Å². The van der Waals surface area contributed by atoms with E-state index in [2.05, 4.69) is 27.2 Å². The van der Waals surface area contributed by atoms with Gasteiger partial charge in [-0.05, 0) is 81.1 Å². The van der Waals surface area contributed by atoms with Gasteiger partial charge >= 0.3 is 5.97 Å². The number of carbonyl (C=O) groups is 1. The van der Waals surface area contributed by atoms with Crippen molar-refractivity contribution in [3.63, 3.8) is 0 Å². The van der Waals surface area contributed by atoms with Gasteiger partial charge in [-0.3, -0.25) is 4.79 Å². The van der Waals surface area contributed by atoms with Crippen molar-refractivity contribution in [2.24, 2.45) is 17.6 Å². The number of aliphatic carboxylic acids is 1. The van der Waals surface area contributed by atoms with E-state index in [0.717, 1.165) is 64.9 Å². The molecule has 32 heavy (non-hydrogen) atoms. The first-order chi connectivity index (χ1) is 15.4. The van der Waals surface area contributed by atoms with E-state index >= 15 is 0 Å². The number of allylic oxidation sites excluding steroid dienone is 3. The number of nitrogens with two attached hydrogens (primary N) is 1. The minimum Gasteiger partial charge on any atom is -0.481 e. The Kier molecular flexibility index (Phi) is 8.58. The Hall–Kier alpha value is -2.97. The Morgan fingerprint density at radius 1 is 1.34 bits per heavy atom. The predicted molar refractivity (Wildman–Crippen MR) is 130 cm³/mol. The summed E-state index contributed by atoms with van der Waals surface area (Å²) >= 11 is 1.62. The van der Waals surface area contributed by atoms with E-state index in [1.807, 2.05) is 43.5 Å². The maximum atomic E-state index is 11.1. The summed E-state index contributed by atoms with van der Waals surface area (Å²) in [6.07, 6.45) is 10.6. The first-order valence-electron chi connectivity index (χ1n) is 10.8. The normalized spacial score (nSPS) is 19.2. The smallest absolute Gasteiger partial charge is 0.306 e. The third kappa shape index (κ3) is 7.03. The number of nitrogens with one attached hydrogen (secondary N) is 2. The molecule has 0 aromatic carbocycles. The van der Waals surface area contributed by atoms with Gasteiger partial charge in [-0.1, -0.05) is 12.6 Å². The molecule has 1 aliphatic carbocycles. The molecular weight excluding hydrogens is 422 g/mol. The zero-order valence-electron chi connectivity index (χ0n) is 18.4. The molecule has 170 valence electrons. The number of hydrogen-bond donors (Lipinski definition) is 4. The van der Waals surface area contributed by atoms with Crippen LogP contribution in [0.4, 0.5) is 5.82 Å². The molecule has 0 atom stereocenters. The maximum Gasteiger partial charge on any atom is 0.306 e. The number of nitrogens with zero attached hydrogens (tertiary/aromatic N) is 2. The van der Waals surface area contributed by atoms with Crippen LogP contribution in [0.15, 0.2) is 60.6 Å². The highest BCUT2D eigenvalue weighted by molar-refractivity contribution is 7.15. The summed E-state index contributed by atoms with van der Waals surface area (Å²) in [7, 11) is 0. The Labute approximate surface area is 193 Å². The number of thiazole rings is 1. The van der Waals surface area contributed by atoms with Crippen molar-refractivity contribution in [2.75, 3.05) is 11.9 Å². The SMILES string of the molecule is C=C(/C=C(C)\C=C/N)Nc1cccc(-c2cnc(CNCC3CCC(C(=O)O)CC3)s2)n1.